The largest absolute Gasteiger partial charge is 0.382 e. The summed E-state index contributed by atoms with van der Waals surface area (Å²) in [6.45, 7) is 3.15. The van der Waals surface area contributed by atoms with Crippen LogP contribution in [0.5, 0.6) is 0 Å². The molecule has 0 heterocycles. The summed E-state index contributed by atoms with van der Waals surface area (Å²) in [5.41, 5.74) is 0. The van der Waals surface area contributed by atoms with Crippen LogP contribution < -0.4 is 0 Å². The smallest absolute Gasteiger partial charge is 0.152 e. The summed E-state index contributed by atoms with van der Waals surface area (Å²) < 4.78 is 0. The lowest BCUT2D eigenvalue weighted by atomic mass is 10.4. The topological polar surface area (TPSA) is 37.3 Å². The molecular weight excluding hydrogens is 80.0 g/mol. The zero-order valence-electron chi connectivity index (χ0n) is 3.29. The summed E-state index contributed by atoms with van der Waals surface area (Å²) in [5.74, 6) is 0. The number of aliphatic hydroxyl groups excluding tert-OH is 1. The first-order valence-corrected chi connectivity index (χ1v) is 1.57. The molecule has 34 valence electrons. The van der Waals surface area contributed by atoms with Crippen LogP contribution in [0.3, 0.4) is 0 Å². The third kappa shape index (κ3) is 1.67. The molecule has 0 saturated carbocycles. The Balaban J connectivity index is 3.21. The Morgan fingerprint density at radius 2 is 2.33 bits per heavy atom. The van der Waals surface area contributed by atoms with Crippen molar-refractivity contribution in [3.63, 3.8) is 0 Å². The Kier molecular flexibility index (Phi) is 2.33. The van der Waals surface area contributed by atoms with Gasteiger partial charge in [-0.15, -0.1) is 6.58 Å². The van der Waals surface area contributed by atoms with Gasteiger partial charge >= 0.3 is 0 Å². The van der Waals surface area contributed by atoms with Crippen molar-refractivity contribution in [3.8, 4) is 0 Å². The van der Waals surface area contributed by atoms with E-state index in [9.17, 15) is 4.79 Å². The number of aliphatic hydroxyl groups is 1. The monoisotopic (exact) mass is 86.0 g/mol. The fraction of sp³-hybridized carbons (Fsp3) is 0.250. The lowest BCUT2D eigenvalue weighted by molar-refractivity contribution is -0.112. The maximum atomic E-state index is 9.41. The van der Waals surface area contributed by atoms with Gasteiger partial charge in [-0.2, -0.15) is 0 Å². The second-order valence-electron chi connectivity index (χ2n) is 0.862. The summed E-state index contributed by atoms with van der Waals surface area (Å²) in [4.78, 5) is 9.41. The second-order valence-corrected chi connectivity index (χ2v) is 0.862. The molecule has 0 amide bonds. The molecule has 0 aliphatic carbocycles. The molecule has 0 aromatic rings. The second kappa shape index (κ2) is 2.60. The first-order valence-electron chi connectivity index (χ1n) is 1.57. The molecular formula is C4H6O2. The van der Waals surface area contributed by atoms with Gasteiger partial charge in [-0.05, 0) is 0 Å². The van der Waals surface area contributed by atoms with E-state index in [2.05, 4.69) is 6.58 Å². The van der Waals surface area contributed by atoms with E-state index in [4.69, 9.17) is 5.11 Å². The van der Waals surface area contributed by atoms with Crippen molar-refractivity contribution in [1.29, 1.82) is 0 Å². The van der Waals surface area contributed by atoms with E-state index in [0.29, 0.717) is 6.29 Å². The summed E-state index contributed by atoms with van der Waals surface area (Å²) in [5, 5.41) is 8.18. The summed E-state index contributed by atoms with van der Waals surface area (Å²) in [7, 11) is 0. The first-order chi connectivity index (χ1) is 2.81. The molecule has 0 fully saturated rings. The van der Waals surface area contributed by atoms with Gasteiger partial charge in [0.15, 0.2) is 6.29 Å². The van der Waals surface area contributed by atoms with Gasteiger partial charge in [-0.25, -0.2) is 0 Å². The molecule has 1 atom stereocenters. The fourth-order valence-electron chi connectivity index (χ4n) is 0.0556. The molecule has 1 N–H and O–H groups in total. The van der Waals surface area contributed by atoms with Crippen molar-refractivity contribution in [3.05, 3.63) is 12.7 Å². The Morgan fingerprint density at radius 3 is 2.33 bits per heavy atom. The predicted octanol–water partition coefficient (Wildman–Crippen LogP) is -0.268. The molecule has 6 heavy (non-hydrogen) atoms. The van der Waals surface area contributed by atoms with Crippen molar-refractivity contribution in [2.75, 3.05) is 0 Å². The van der Waals surface area contributed by atoms with Crippen LogP contribution in [0.1, 0.15) is 0 Å². The zero-order chi connectivity index (χ0) is 4.99. The molecule has 0 saturated heterocycles. The third-order valence-corrected chi connectivity index (χ3v) is 0.381. The van der Waals surface area contributed by atoms with E-state index in [1.807, 2.05) is 0 Å². The SMILES string of the molecule is C=C[C@H](O)C=O. The molecule has 0 unspecified atom stereocenters. The van der Waals surface area contributed by atoms with Crippen LogP contribution in [0, 0.1) is 0 Å². The molecule has 2 heteroatoms. The van der Waals surface area contributed by atoms with Crippen LogP contribution in [0.2, 0.25) is 0 Å². The summed E-state index contributed by atoms with van der Waals surface area (Å²) in [6, 6.07) is 0. The van der Waals surface area contributed by atoms with Gasteiger partial charge in [0, 0.05) is 0 Å². The number of rotatable bonds is 2. The van der Waals surface area contributed by atoms with E-state index in [-0.39, 0.29) is 0 Å². The molecule has 0 bridgehead atoms. The number of carbonyl (C=O) groups excluding carboxylic acids is 1. The van der Waals surface area contributed by atoms with Crippen LogP contribution in [0.4, 0.5) is 0 Å². The highest BCUT2D eigenvalue weighted by Gasteiger charge is 1.86. The number of hydrogen-bond donors (Lipinski definition) is 1. The summed E-state index contributed by atoms with van der Waals surface area (Å²) in [6.07, 6.45) is 0.588. The van der Waals surface area contributed by atoms with E-state index >= 15 is 0 Å². The van der Waals surface area contributed by atoms with Gasteiger partial charge in [0.25, 0.3) is 0 Å². The zero-order valence-corrected chi connectivity index (χ0v) is 3.29. The molecule has 0 aromatic heterocycles. The van der Waals surface area contributed by atoms with Crippen LogP contribution in [0.25, 0.3) is 0 Å². The molecule has 0 spiro atoms. The van der Waals surface area contributed by atoms with Gasteiger partial charge in [-0.1, -0.05) is 6.08 Å². The van der Waals surface area contributed by atoms with E-state index in [1.54, 1.807) is 0 Å². The van der Waals surface area contributed by atoms with Gasteiger partial charge in [-0.3, -0.25) is 0 Å². The van der Waals surface area contributed by atoms with Crippen molar-refractivity contribution >= 4 is 6.29 Å². The minimum absolute atomic E-state index is 0.410. The Morgan fingerprint density at radius 1 is 1.83 bits per heavy atom. The van der Waals surface area contributed by atoms with Gasteiger partial charge in [0.2, 0.25) is 0 Å². The minimum Gasteiger partial charge on any atom is -0.382 e. The average molecular weight is 86.1 g/mol. The molecule has 0 radical (unpaired) electrons. The highest BCUT2D eigenvalue weighted by molar-refractivity contribution is 5.58. The highest BCUT2D eigenvalue weighted by Crippen LogP contribution is 1.70. The highest BCUT2D eigenvalue weighted by atomic mass is 16.3. The van der Waals surface area contributed by atoms with E-state index in [0.717, 1.165) is 6.08 Å². The summed E-state index contributed by atoms with van der Waals surface area (Å²) >= 11 is 0. The predicted molar refractivity (Wildman–Crippen MR) is 22.3 cm³/mol. The normalized spacial score (nSPS) is 12.8. The van der Waals surface area contributed by atoms with Crippen molar-refractivity contribution < 1.29 is 9.90 Å². The fourth-order valence-corrected chi connectivity index (χ4v) is 0.0556. The average Bonchev–Trinajstić information content (AvgIpc) is 1.65. The quantitative estimate of drug-likeness (QED) is 0.371. The number of carbonyl (C=O) groups is 1. The molecule has 2 nitrogen and oxygen atoms in total. The Bertz CT molecular complexity index is 50.6. The van der Waals surface area contributed by atoms with Crippen LogP contribution in [-0.2, 0) is 4.79 Å². The van der Waals surface area contributed by atoms with Gasteiger partial charge in [0.1, 0.15) is 6.10 Å². The third-order valence-electron chi connectivity index (χ3n) is 0.381. The van der Waals surface area contributed by atoms with Crippen molar-refractivity contribution in [2.45, 2.75) is 6.10 Å². The van der Waals surface area contributed by atoms with Crippen molar-refractivity contribution in [1.82, 2.24) is 0 Å². The van der Waals surface area contributed by atoms with Crippen LogP contribution in [0.15, 0.2) is 12.7 Å². The van der Waals surface area contributed by atoms with E-state index in [1.165, 1.54) is 0 Å². The Labute approximate surface area is 36.1 Å². The number of aldehydes is 1. The van der Waals surface area contributed by atoms with Crippen LogP contribution >= 0.6 is 0 Å². The lowest BCUT2D eigenvalue weighted by Gasteiger charge is -1.83. The van der Waals surface area contributed by atoms with Crippen LogP contribution in [-0.4, -0.2) is 17.5 Å². The molecule has 0 aromatic carbocycles. The van der Waals surface area contributed by atoms with E-state index < -0.39 is 6.10 Å². The molecule has 0 rings (SSSR count). The minimum atomic E-state index is -0.981. The van der Waals surface area contributed by atoms with Gasteiger partial charge < -0.3 is 9.90 Å². The maximum absolute atomic E-state index is 9.41. The Hall–Kier alpha value is -0.630. The van der Waals surface area contributed by atoms with Crippen molar-refractivity contribution in [2.24, 2.45) is 0 Å². The first kappa shape index (κ1) is 5.37. The van der Waals surface area contributed by atoms with Gasteiger partial charge in [0.05, 0.1) is 0 Å². The standard InChI is InChI=1S/C4H6O2/c1-2-4(6)3-5/h2-4,6H,1H2/t4-/m0/s1. The maximum Gasteiger partial charge on any atom is 0.152 e. The molecule has 0 aliphatic heterocycles. The molecule has 0 aliphatic rings. The number of hydrogen-bond acceptors (Lipinski definition) is 2. The lowest BCUT2D eigenvalue weighted by Crippen LogP contribution is -2.00.